The fraction of sp³-hybridized carbons (Fsp3) is 0.182. The van der Waals surface area contributed by atoms with Gasteiger partial charge in [-0.3, -0.25) is 0 Å². The normalized spacial score (nSPS) is 12.2. The summed E-state index contributed by atoms with van der Waals surface area (Å²) < 4.78 is 0.590. The second-order valence-corrected chi connectivity index (χ2v) is 12.1. The molecule has 1 unspecified atom stereocenters. The van der Waals surface area contributed by atoms with E-state index < -0.39 is 7.26 Å². The lowest BCUT2D eigenvalue weighted by atomic mass is 10.3. The molecular weight excluding hydrogens is 549 g/mol. The van der Waals surface area contributed by atoms with Crippen LogP contribution in [-0.2, 0) is 0 Å². The van der Waals surface area contributed by atoms with Gasteiger partial charge in [0.25, 0.3) is 0 Å². The molecule has 0 N–H and O–H groups in total. The van der Waals surface area contributed by atoms with E-state index in [1.165, 1.54) is 28.8 Å². The molecule has 0 radical (unpaired) electrons. The molecule has 0 saturated heterocycles. The van der Waals surface area contributed by atoms with Crippen molar-refractivity contribution in [2.45, 2.75) is 23.4 Å². The highest BCUT2D eigenvalue weighted by atomic mass is 127. The third-order valence-electron chi connectivity index (χ3n) is 4.44. The lowest BCUT2D eigenvalue weighted by Gasteiger charge is -2.31. The van der Waals surface area contributed by atoms with Crippen molar-refractivity contribution in [2.24, 2.45) is 0 Å². The van der Waals surface area contributed by atoms with Gasteiger partial charge < -0.3 is 24.0 Å². The van der Waals surface area contributed by atoms with Crippen molar-refractivity contribution < 1.29 is 24.0 Å². The first-order chi connectivity index (χ1) is 11.8. The number of alkyl halides is 1. The third kappa shape index (κ3) is 4.28. The number of hydrogen-bond donors (Lipinski definition) is 0. The first kappa shape index (κ1) is 20.9. The van der Waals surface area contributed by atoms with Gasteiger partial charge in [0, 0.05) is 0 Å². The molecule has 0 spiro atoms. The predicted octanol–water partition coefficient (Wildman–Crippen LogP) is 2.55. The zero-order valence-electron chi connectivity index (χ0n) is 14.4. The summed E-state index contributed by atoms with van der Waals surface area (Å²) in [6.45, 7) is 2.29. The van der Waals surface area contributed by atoms with Crippen LogP contribution in [0.4, 0.5) is 0 Å². The monoisotopic (exact) mass is 572 g/mol. The first-order valence-corrected chi connectivity index (χ1v) is 11.6. The molecule has 0 aliphatic carbocycles. The Balaban J connectivity index is 0.00000225. The van der Waals surface area contributed by atoms with E-state index in [2.05, 4.69) is 121 Å². The highest BCUT2D eigenvalue weighted by Gasteiger charge is 2.50. The van der Waals surface area contributed by atoms with Crippen molar-refractivity contribution in [1.82, 2.24) is 0 Å². The van der Waals surface area contributed by atoms with Crippen molar-refractivity contribution in [2.75, 3.05) is 0 Å². The van der Waals surface area contributed by atoms with Crippen LogP contribution in [0.3, 0.4) is 0 Å². The van der Waals surface area contributed by atoms with Gasteiger partial charge in [-0.25, -0.2) is 0 Å². The molecule has 3 rings (SSSR count). The lowest BCUT2D eigenvalue weighted by molar-refractivity contribution is -0.00000458. The van der Waals surface area contributed by atoms with Crippen LogP contribution in [0.5, 0.6) is 0 Å². The van der Waals surface area contributed by atoms with Gasteiger partial charge in [0.15, 0.2) is 0 Å². The van der Waals surface area contributed by atoms with Crippen LogP contribution >= 0.6 is 29.9 Å². The molecule has 25 heavy (non-hydrogen) atoms. The maximum Gasteiger partial charge on any atom is 0.133 e. The summed E-state index contributed by atoms with van der Waals surface area (Å²) in [5.41, 5.74) is 0. The van der Waals surface area contributed by atoms with Crippen LogP contribution in [0.25, 0.3) is 0 Å². The Bertz CT molecular complexity index is 648. The first-order valence-electron chi connectivity index (χ1n) is 8.49. The Morgan fingerprint density at radius 2 is 1.00 bits per heavy atom. The maximum atomic E-state index is 2.72. The second-order valence-electron chi connectivity index (χ2n) is 5.95. The fourth-order valence-electron chi connectivity index (χ4n) is 3.35. The van der Waals surface area contributed by atoms with Crippen molar-refractivity contribution in [3.63, 3.8) is 0 Å². The zero-order valence-corrected chi connectivity index (χ0v) is 19.6. The molecular formula is C22H23I2P. The van der Waals surface area contributed by atoms with Gasteiger partial charge in [0.1, 0.15) is 26.8 Å². The maximum absolute atomic E-state index is 2.72. The van der Waals surface area contributed by atoms with Crippen LogP contribution < -0.4 is 39.9 Å². The fourth-order valence-corrected chi connectivity index (χ4v) is 11.3. The molecule has 0 aromatic heterocycles. The molecule has 0 heterocycles. The lowest BCUT2D eigenvalue weighted by Crippen LogP contribution is -3.00. The topological polar surface area (TPSA) is 0 Å². The van der Waals surface area contributed by atoms with E-state index in [-0.39, 0.29) is 24.0 Å². The number of rotatable bonds is 6. The highest BCUT2D eigenvalue weighted by molar-refractivity contribution is 14.1. The Labute approximate surface area is 182 Å². The summed E-state index contributed by atoms with van der Waals surface area (Å²) in [6.07, 6.45) is 2.44. The van der Waals surface area contributed by atoms with Crippen LogP contribution in [0.1, 0.15) is 19.8 Å². The van der Waals surface area contributed by atoms with Crippen LogP contribution in [-0.4, -0.2) is 3.67 Å². The van der Waals surface area contributed by atoms with E-state index >= 15 is 0 Å². The number of halogens is 2. The summed E-state index contributed by atoms with van der Waals surface area (Å²) in [5.74, 6) is 0. The summed E-state index contributed by atoms with van der Waals surface area (Å²) in [4.78, 5) is 0. The molecule has 0 amide bonds. The van der Waals surface area contributed by atoms with Crippen LogP contribution in [0.2, 0.25) is 0 Å². The van der Waals surface area contributed by atoms with Gasteiger partial charge in [-0.05, 0) is 65.4 Å². The van der Waals surface area contributed by atoms with E-state index in [1.807, 2.05) is 0 Å². The van der Waals surface area contributed by atoms with Crippen molar-refractivity contribution in [3.8, 4) is 0 Å². The molecule has 3 heteroatoms. The highest BCUT2D eigenvalue weighted by Crippen LogP contribution is 2.63. The smallest absolute Gasteiger partial charge is 0.133 e. The van der Waals surface area contributed by atoms with Gasteiger partial charge in [0.05, 0.1) is 0 Å². The predicted molar refractivity (Wildman–Crippen MR) is 118 cm³/mol. The zero-order chi connectivity index (χ0) is 16.8. The van der Waals surface area contributed by atoms with E-state index in [0.29, 0.717) is 3.67 Å². The molecule has 3 aromatic rings. The Kier molecular flexibility index (Phi) is 8.37. The molecule has 0 aliphatic heterocycles. The Morgan fingerprint density at radius 1 is 0.680 bits per heavy atom. The van der Waals surface area contributed by atoms with Crippen LogP contribution in [0.15, 0.2) is 91.0 Å². The molecule has 3 aromatic carbocycles. The van der Waals surface area contributed by atoms with E-state index in [0.717, 1.165) is 0 Å². The van der Waals surface area contributed by atoms with E-state index in [1.54, 1.807) is 0 Å². The van der Waals surface area contributed by atoms with Crippen molar-refractivity contribution in [3.05, 3.63) is 91.0 Å². The number of benzene rings is 3. The average molecular weight is 572 g/mol. The standard InChI is InChI=1S/C22H23IP.HI/c1-2-12-22(23)24(19-13-6-3-7-14-19,20-15-8-4-9-16-20)21-17-10-5-11-18-21;/h3-11,13-18,22H,2,12H2,1H3;1H/q+1;/p-1. The molecule has 0 bridgehead atoms. The van der Waals surface area contributed by atoms with Gasteiger partial charge in [-0.1, -0.05) is 67.9 Å². The minimum atomic E-state index is -1.67. The SMILES string of the molecule is CCCC(I)[P+](c1ccccc1)(c1ccccc1)c1ccccc1.[I-]. The molecule has 1 atom stereocenters. The van der Waals surface area contributed by atoms with Crippen LogP contribution in [0, 0.1) is 0 Å². The van der Waals surface area contributed by atoms with E-state index in [4.69, 9.17) is 0 Å². The Hall–Kier alpha value is -0.450. The minimum absolute atomic E-state index is 0. The van der Waals surface area contributed by atoms with Gasteiger partial charge >= 0.3 is 0 Å². The summed E-state index contributed by atoms with van der Waals surface area (Å²) in [7, 11) is -1.67. The van der Waals surface area contributed by atoms with Gasteiger partial charge in [-0.15, -0.1) is 0 Å². The van der Waals surface area contributed by atoms with Crippen molar-refractivity contribution in [1.29, 1.82) is 0 Å². The molecule has 0 nitrogen and oxygen atoms in total. The molecule has 0 aliphatic rings. The second kappa shape index (κ2) is 10.0. The Morgan fingerprint density at radius 3 is 1.28 bits per heavy atom. The quantitative estimate of drug-likeness (QED) is 0.242. The molecule has 130 valence electrons. The summed E-state index contributed by atoms with van der Waals surface area (Å²) in [5, 5.41) is 4.45. The molecule has 0 saturated carbocycles. The summed E-state index contributed by atoms with van der Waals surface area (Å²) >= 11 is 2.72. The van der Waals surface area contributed by atoms with Crippen molar-refractivity contribution >= 4 is 45.8 Å². The van der Waals surface area contributed by atoms with Gasteiger partial charge in [-0.2, -0.15) is 0 Å². The average Bonchev–Trinajstić information content (AvgIpc) is 2.65. The summed E-state index contributed by atoms with van der Waals surface area (Å²) in [6, 6.07) is 33.4. The minimum Gasteiger partial charge on any atom is -1.00 e. The van der Waals surface area contributed by atoms with E-state index in [9.17, 15) is 0 Å². The van der Waals surface area contributed by atoms with Gasteiger partial charge in [0.2, 0.25) is 0 Å². The third-order valence-corrected chi connectivity index (χ3v) is 12.0. The molecule has 0 fully saturated rings. The number of hydrogen-bond acceptors (Lipinski definition) is 0. The largest absolute Gasteiger partial charge is 1.00 e.